The topological polar surface area (TPSA) is 17.1 Å². The van der Waals surface area contributed by atoms with E-state index in [4.69, 9.17) is 0 Å². The largest absolute Gasteiger partial charge is 0.298 e. The highest BCUT2D eigenvalue weighted by molar-refractivity contribution is 9.13. The molecule has 70 valence electrons. The van der Waals surface area contributed by atoms with Crippen molar-refractivity contribution in [2.75, 3.05) is 0 Å². The van der Waals surface area contributed by atoms with Crippen LogP contribution in [0.5, 0.6) is 0 Å². The molecule has 0 radical (unpaired) electrons. The fourth-order valence-electron chi connectivity index (χ4n) is 0.905. The van der Waals surface area contributed by atoms with Crippen molar-refractivity contribution in [2.24, 2.45) is 0 Å². The first-order chi connectivity index (χ1) is 6.02. The maximum Gasteiger partial charge on any atom is 0.147 e. The molecular formula is C9H7Br3O. The molecule has 1 aromatic carbocycles. The Hall–Kier alpha value is 0.330. The summed E-state index contributed by atoms with van der Waals surface area (Å²) in [5.74, 6) is 0.106. The number of halogens is 3. The number of rotatable bonds is 2. The van der Waals surface area contributed by atoms with Crippen molar-refractivity contribution in [3.63, 3.8) is 0 Å². The summed E-state index contributed by atoms with van der Waals surface area (Å²) in [7, 11) is 0. The number of alkyl halides is 1. The number of Topliss-reactive ketones (excluding diaryl/α,β-unsaturated/α-hetero) is 1. The maximum absolute atomic E-state index is 11.1. The van der Waals surface area contributed by atoms with Gasteiger partial charge in [-0.25, -0.2) is 0 Å². The average Bonchev–Trinajstić information content (AvgIpc) is 2.08. The van der Waals surface area contributed by atoms with Gasteiger partial charge in [-0.2, -0.15) is 0 Å². The zero-order valence-electron chi connectivity index (χ0n) is 6.85. The number of carbonyl (C=O) groups excluding carboxylic acids is 1. The SMILES string of the molecule is CC(=O)C(Br)c1ccc(Br)c(Br)c1. The highest BCUT2D eigenvalue weighted by Crippen LogP contribution is 2.30. The van der Waals surface area contributed by atoms with Gasteiger partial charge in [-0.3, -0.25) is 4.79 Å². The lowest BCUT2D eigenvalue weighted by Gasteiger charge is -2.07. The summed E-state index contributed by atoms with van der Waals surface area (Å²) in [5, 5.41) is 0. The van der Waals surface area contributed by atoms with Crippen LogP contribution >= 0.6 is 47.8 Å². The number of carbonyl (C=O) groups is 1. The van der Waals surface area contributed by atoms with Crippen molar-refractivity contribution in [3.8, 4) is 0 Å². The van der Waals surface area contributed by atoms with Crippen LogP contribution in [0.25, 0.3) is 0 Å². The zero-order valence-corrected chi connectivity index (χ0v) is 11.6. The van der Waals surface area contributed by atoms with Crippen LogP contribution in [0.4, 0.5) is 0 Å². The molecule has 0 amide bonds. The quantitative estimate of drug-likeness (QED) is 0.712. The van der Waals surface area contributed by atoms with E-state index in [1.165, 1.54) is 0 Å². The second-order valence-electron chi connectivity index (χ2n) is 2.65. The summed E-state index contributed by atoms with van der Waals surface area (Å²) in [6.45, 7) is 1.56. The first-order valence-corrected chi connectivity index (χ1v) is 6.12. The first-order valence-electron chi connectivity index (χ1n) is 3.62. The average molecular weight is 371 g/mol. The number of ketones is 1. The molecule has 0 saturated carbocycles. The lowest BCUT2D eigenvalue weighted by molar-refractivity contribution is -0.116. The third kappa shape index (κ3) is 2.89. The van der Waals surface area contributed by atoms with E-state index in [1.807, 2.05) is 18.2 Å². The third-order valence-electron chi connectivity index (χ3n) is 1.59. The molecule has 0 spiro atoms. The lowest BCUT2D eigenvalue weighted by atomic mass is 10.1. The molecule has 1 aromatic rings. The Kier molecular flexibility index (Phi) is 4.13. The van der Waals surface area contributed by atoms with Gasteiger partial charge >= 0.3 is 0 Å². The Bertz CT molecular complexity index is 336. The van der Waals surface area contributed by atoms with Crippen molar-refractivity contribution in [1.82, 2.24) is 0 Å². The predicted octanol–water partition coefficient (Wildman–Crippen LogP) is 4.24. The Labute approximate surface area is 102 Å². The highest BCUT2D eigenvalue weighted by atomic mass is 79.9. The molecule has 0 N–H and O–H groups in total. The van der Waals surface area contributed by atoms with E-state index in [1.54, 1.807) is 6.92 Å². The highest BCUT2D eigenvalue weighted by Gasteiger charge is 2.12. The van der Waals surface area contributed by atoms with Crippen molar-refractivity contribution < 1.29 is 4.79 Å². The van der Waals surface area contributed by atoms with Crippen LogP contribution in [0, 0.1) is 0 Å². The van der Waals surface area contributed by atoms with Gasteiger partial charge in [0.25, 0.3) is 0 Å². The van der Waals surface area contributed by atoms with E-state index in [-0.39, 0.29) is 10.6 Å². The van der Waals surface area contributed by atoms with Gasteiger partial charge in [-0.05, 0) is 56.5 Å². The van der Waals surface area contributed by atoms with Crippen LogP contribution in [0.3, 0.4) is 0 Å². The molecule has 0 aliphatic heterocycles. The standard InChI is InChI=1S/C9H7Br3O/c1-5(13)9(12)6-2-3-7(10)8(11)4-6/h2-4,9H,1H3. The Morgan fingerprint density at radius 3 is 2.38 bits per heavy atom. The monoisotopic (exact) mass is 368 g/mol. The molecular weight excluding hydrogens is 364 g/mol. The molecule has 4 heteroatoms. The summed E-state index contributed by atoms with van der Waals surface area (Å²) in [6, 6.07) is 5.75. The molecule has 0 heterocycles. The van der Waals surface area contributed by atoms with Crippen molar-refractivity contribution in [1.29, 1.82) is 0 Å². The summed E-state index contributed by atoms with van der Waals surface area (Å²) < 4.78 is 1.94. The minimum atomic E-state index is -0.211. The molecule has 0 aliphatic rings. The third-order valence-corrected chi connectivity index (χ3v) is 4.65. The van der Waals surface area contributed by atoms with Gasteiger partial charge in [0.15, 0.2) is 0 Å². The summed E-state index contributed by atoms with van der Waals surface area (Å²) >= 11 is 10.1. The molecule has 1 atom stereocenters. The summed E-state index contributed by atoms with van der Waals surface area (Å²) in [6.07, 6.45) is 0. The molecule has 0 aliphatic carbocycles. The number of benzene rings is 1. The molecule has 1 unspecified atom stereocenters. The Morgan fingerprint density at radius 1 is 1.31 bits per heavy atom. The van der Waals surface area contributed by atoms with E-state index in [0.29, 0.717) is 0 Å². The van der Waals surface area contributed by atoms with Gasteiger partial charge < -0.3 is 0 Å². The molecule has 13 heavy (non-hydrogen) atoms. The van der Waals surface area contributed by atoms with Crippen molar-refractivity contribution in [2.45, 2.75) is 11.8 Å². The van der Waals surface area contributed by atoms with Crippen LogP contribution in [0.2, 0.25) is 0 Å². The van der Waals surface area contributed by atoms with E-state index < -0.39 is 0 Å². The van der Waals surface area contributed by atoms with Crippen molar-refractivity contribution >= 4 is 53.6 Å². The van der Waals surface area contributed by atoms with Crippen LogP contribution in [0.15, 0.2) is 27.1 Å². The summed E-state index contributed by atoms with van der Waals surface area (Å²) in [4.78, 5) is 10.9. The van der Waals surface area contributed by atoms with Crippen LogP contribution in [-0.2, 0) is 4.79 Å². The van der Waals surface area contributed by atoms with Gasteiger partial charge in [-0.15, -0.1) is 0 Å². The van der Waals surface area contributed by atoms with Crippen molar-refractivity contribution in [3.05, 3.63) is 32.7 Å². The molecule has 0 bridgehead atoms. The number of hydrogen-bond donors (Lipinski definition) is 0. The van der Waals surface area contributed by atoms with Gasteiger partial charge in [0, 0.05) is 8.95 Å². The normalized spacial score (nSPS) is 12.6. The fourth-order valence-corrected chi connectivity index (χ4v) is 1.83. The minimum absolute atomic E-state index is 0.106. The molecule has 0 fully saturated rings. The Morgan fingerprint density at radius 2 is 1.92 bits per heavy atom. The van der Waals surface area contributed by atoms with Gasteiger partial charge in [0.2, 0.25) is 0 Å². The maximum atomic E-state index is 11.1. The van der Waals surface area contributed by atoms with E-state index in [9.17, 15) is 4.79 Å². The van der Waals surface area contributed by atoms with Crippen LogP contribution in [0.1, 0.15) is 17.3 Å². The molecule has 1 nitrogen and oxygen atoms in total. The van der Waals surface area contributed by atoms with Crippen LogP contribution in [-0.4, -0.2) is 5.78 Å². The molecule has 1 rings (SSSR count). The van der Waals surface area contributed by atoms with Crippen LogP contribution < -0.4 is 0 Å². The minimum Gasteiger partial charge on any atom is -0.298 e. The molecule has 0 saturated heterocycles. The smallest absolute Gasteiger partial charge is 0.147 e. The summed E-state index contributed by atoms with van der Waals surface area (Å²) in [5.41, 5.74) is 0.961. The van der Waals surface area contributed by atoms with Gasteiger partial charge in [-0.1, -0.05) is 22.0 Å². The fraction of sp³-hybridized carbons (Fsp3) is 0.222. The van der Waals surface area contributed by atoms with Gasteiger partial charge in [0.1, 0.15) is 5.78 Å². The van der Waals surface area contributed by atoms with E-state index >= 15 is 0 Å². The lowest BCUT2D eigenvalue weighted by Crippen LogP contribution is -2.00. The second-order valence-corrected chi connectivity index (χ2v) is 5.27. The number of hydrogen-bond acceptors (Lipinski definition) is 1. The van der Waals surface area contributed by atoms with Gasteiger partial charge in [0.05, 0.1) is 4.83 Å². The second kappa shape index (κ2) is 4.71. The first kappa shape index (κ1) is 11.4. The zero-order chi connectivity index (χ0) is 10.0. The van der Waals surface area contributed by atoms with E-state index in [2.05, 4.69) is 47.8 Å². The predicted molar refractivity (Wildman–Crippen MR) is 64.2 cm³/mol. The van der Waals surface area contributed by atoms with E-state index in [0.717, 1.165) is 14.5 Å². The Balaban J connectivity index is 3.03. The molecule has 0 aromatic heterocycles.